The number of aromatic nitrogens is 2. The molecular formula is C18H27Cl2N3O. The van der Waals surface area contributed by atoms with Gasteiger partial charge in [-0.15, -0.1) is 24.8 Å². The summed E-state index contributed by atoms with van der Waals surface area (Å²) in [5, 5.41) is 2.95. The molecule has 1 aliphatic rings. The van der Waals surface area contributed by atoms with E-state index in [0.717, 1.165) is 24.2 Å². The van der Waals surface area contributed by atoms with Crippen LogP contribution in [0.3, 0.4) is 0 Å². The molecule has 2 atom stereocenters. The smallest absolute Gasteiger partial charge is 0.271 e. The first-order chi connectivity index (χ1) is 10.6. The van der Waals surface area contributed by atoms with E-state index in [0.29, 0.717) is 12.1 Å². The molecule has 0 radical (unpaired) electrons. The number of H-pyrrole nitrogens is 1. The van der Waals surface area contributed by atoms with Crippen LogP contribution in [0.25, 0.3) is 11.1 Å². The highest BCUT2D eigenvalue weighted by Crippen LogP contribution is 2.22. The average Bonchev–Trinajstić information content (AvgIpc) is 2.89. The maximum absolute atomic E-state index is 12.1. The number of benzene rings is 1. The van der Waals surface area contributed by atoms with Gasteiger partial charge in [0.1, 0.15) is 0 Å². The Labute approximate surface area is 156 Å². The lowest BCUT2D eigenvalue weighted by Gasteiger charge is -2.38. The summed E-state index contributed by atoms with van der Waals surface area (Å²) < 4.78 is 1.93. The molecule has 0 spiro atoms. The quantitative estimate of drug-likeness (QED) is 0.883. The zero-order valence-electron chi connectivity index (χ0n) is 14.3. The minimum absolute atomic E-state index is 0. The third kappa shape index (κ3) is 4.65. The standard InChI is InChI=1S/C18H25N3O.2ClH/c1-14-7-6-8-15(2)21(14)12-11-20-13-17(18(22)19-20)16-9-4-3-5-10-16;;/h3-5,9-10,13-15H,6-8,11-12H2,1-2H3,(H,19,22);2*1H/t14-,15+;;. The van der Waals surface area contributed by atoms with E-state index >= 15 is 0 Å². The normalized spacial score (nSPS) is 20.9. The van der Waals surface area contributed by atoms with Crippen molar-refractivity contribution in [3.63, 3.8) is 0 Å². The lowest BCUT2D eigenvalue weighted by molar-refractivity contribution is 0.0978. The van der Waals surface area contributed by atoms with Crippen LogP contribution < -0.4 is 5.56 Å². The summed E-state index contributed by atoms with van der Waals surface area (Å²) in [6, 6.07) is 11.1. The van der Waals surface area contributed by atoms with Gasteiger partial charge in [0.25, 0.3) is 5.56 Å². The molecule has 2 heterocycles. The molecule has 1 aliphatic heterocycles. The van der Waals surface area contributed by atoms with E-state index in [-0.39, 0.29) is 30.4 Å². The highest BCUT2D eigenvalue weighted by atomic mass is 35.5. The predicted octanol–water partition coefficient (Wildman–Crippen LogP) is 3.95. The Morgan fingerprint density at radius 3 is 2.29 bits per heavy atom. The van der Waals surface area contributed by atoms with Gasteiger partial charge in [0.05, 0.1) is 12.1 Å². The minimum atomic E-state index is -0.00839. The fourth-order valence-electron chi connectivity index (χ4n) is 3.52. The van der Waals surface area contributed by atoms with Gasteiger partial charge in [0.15, 0.2) is 0 Å². The third-order valence-electron chi connectivity index (χ3n) is 4.83. The maximum atomic E-state index is 12.1. The van der Waals surface area contributed by atoms with Crippen molar-refractivity contribution >= 4 is 24.8 Å². The van der Waals surface area contributed by atoms with Gasteiger partial charge >= 0.3 is 0 Å². The fourth-order valence-corrected chi connectivity index (χ4v) is 3.52. The Morgan fingerprint density at radius 1 is 1.04 bits per heavy atom. The largest absolute Gasteiger partial charge is 0.296 e. The second-order valence-corrected chi connectivity index (χ2v) is 6.41. The first-order valence-corrected chi connectivity index (χ1v) is 8.26. The highest BCUT2D eigenvalue weighted by Gasteiger charge is 2.24. The Morgan fingerprint density at radius 2 is 1.67 bits per heavy atom. The summed E-state index contributed by atoms with van der Waals surface area (Å²) in [5.41, 5.74) is 1.72. The summed E-state index contributed by atoms with van der Waals surface area (Å²) in [6.07, 6.45) is 5.83. The minimum Gasteiger partial charge on any atom is -0.296 e. The van der Waals surface area contributed by atoms with Gasteiger partial charge in [0, 0.05) is 24.8 Å². The number of hydrogen-bond donors (Lipinski definition) is 1. The van der Waals surface area contributed by atoms with Gasteiger partial charge in [-0.3, -0.25) is 19.5 Å². The Balaban J connectivity index is 0.00000144. The van der Waals surface area contributed by atoms with Gasteiger partial charge in [0.2, 0.25) is 0 Å². The molecule has 6 heteroatoms. The SMILES string of the molecule is C[C@@H]1CCC[C@H](C)N1CCn1cc(-c2ccccc2)c(=O)[nH]1.Cl.Cl. The van der Waals surface area contributed by atoms with E-state index in [1.807, 2.05) is 41.2 Å². The Kier molecular flexibility index (Phi) is 8.07. The van der Waals surface area contributed by atoms with Crippen molar-refractivity contribution in [2.24, 2.45) is 0 Å². The molecule has 134 valence electrons. The van der Waals surface area contributed by atoms with Crippen molar-refractivity contribution in [1.82, 2.24) is 14.7 Å². The summed E-state index contributed by atoms with van der Waals surface area (Å²) in [4.78, 5) is 14.7. The van der Waals surface area contributed by atoms with E-state index in [1.165, 1.54) is 19.3 Å². The van der Waals surface area contributed by atoms with Crippen molar-refractivity contribution in [1.29, 1.82) is 0 Å². The molecule has 0 amide bonds. The van der Waals surface area contributed by atoms with Gasteiger partial charge < -0.3 is 0 Å². The summed E-state index contributed by atoms with van der Waals surface area (Å²) in [5.74, 6) is 0. The molecule has 4 nitrogen and oxygen atoms in total. The monoisotopic (exact) mass is 371 g/mol. The molecule has 0 unspecified atom stereocenters. The van der Waals surface area contributed by atoms with Crippen LogP contribution in [0.2, 0.25) is 0 Å². The van der Waals surface area contributed by atoms with Crippen LogP contribution in [0.5, 0.6) is 0 Å². The number of hydrogen-bond acceptors (Lipinski definition) is 2. The number of nitrogens with zero attached hydrogens (tertiary/aromatic N) is 2. The molecule has 0 bridgehead atoms. The van der Waals surface area contributed by atoms with Gasteiger partial charge in [-0.1, -0.05) is 36.8 Å². The topological polar surface area (TPSA) is 41.0 Å². The van der Waals surface area contributed by atoms with E-state index in [9.17, 15) is 4.79 Å². The highest BCUT2D eigenvalue weighted by molar-refractivity contribution is 5.85. The van der Waals surface area contributed by atoms with Crippen molar-refractivity contribution < 1.29 is 0 Å². The van der Waals surface area contributed by atoms with Gasteiger partial charge in [-0.05, 0) is 32.3 Å². The lowest BCUT2D eigenvalue weighted by Crippen LogP contribution is -2.45. The molecule has 2 aromatic rings. The fraction of sp³-hybridized carbons (Fsp3) is 0.500. The number of halogens is 2. The van der Waals surface area contributed by atoms with Crippen LogP contribution in [0.1, 0.15) is 33.1 Å². The average molecular weight is 372 g/mol. The van der Waals surface area contributed by atoms with Crippen LogP contribution in [-0.4, -0.2) is 33.3 Å². The van der Waals surface area contributed by atoms with Gasteiger partial charge in [-0.25, -0.2) is 0 Å². The number of nitrogens with one attached hydrogen (secondary N) is 1. The summed E-state index contributed by atoms with van der Waals surface area (Å²) >= 11 is 0. The number of likely N-dealkylation sites (tertiary alicyclic amines) is 1. The molecule has 1 aromatic carbocycles. The summed E-state index contributed by atoms with van der Waals surface area (Å²) in [6.45, 7) is 6.44. The van der Waals surface area contributed by atoms with Crippen LogP contribution in [0.15, 0.2) is 41.3 Å². The number of piperidine rings is 1. The van der Waals surface area contributed by atoms with Crippen LogP contribution in [0.4, 0.5) is 0 Å². The molecule has 24 heavy (non-hydrogen) atoms. The second-order valence-electron chi connectivity index (χ2n) is 6.41. The van der Waals surface area contributed by atoms with Crippen LogP contribution >= 0.6 is 24.8 Å². The summed E-state index contributed by atoms with van der Waals surface area (Å²) in [7, 11) is 0. The Bertz CT molecular complexity index is 658. The molecule has 3 rings (SSSR count). The molecule has 1 saturated heterocycles. The van der Waals surface area contributed by atoms with Crippen molar-refractivity contribution in [3.8, 4) is 11.1 Å². The van der Waals surface area contributed by atoms with E-state index in [1.54, 1.807) is 0 Å². The maximum Gasteiger partial charge on any atom is 0.271 e. The molecular weight excluding hydrogens is 345 g/mol. The predicted molar refractivity (Wildman–Crippen MR) is 104 cm³/mol. The van der Waals surface area contributed by atoms with Crippen molar-refractivity contribution in [2.75, 3.05) is 6.54 Å². The molecule has 1 fully saturated rings. The zero-order valence-corrected chi connectivity index (χ0v) is 15.9. The first-order valence-electron chi connectivity index (χ1n) is 8.26. The molecule has 1 aromatic heterocycles. The first kappa shape index (κ1) is 20.8. The molecule has 0 aliphatic carbocycles. The van der Waals surface area contributed by atoms with Gasteiger partial charge in [-0.2, -0.15) is 0 Å². The van der Waals surface area contributed by atoms with E-state index < -0.39 is 0 Å². The van der Waals surface area contributed by atoms with Crippen LogP contribution in [-0.2, 0) is 6.54 Å². The number of aromatic amines is 1. The zero-order chi connectivity index (χ0) is 15.5. The van der Waals surface area contributed by atoms with Crippen molar-refractivity contribution in [2.45, 2.75) is 51.7 Å². The lowest BCUT2D eigenvalue weighted by atomic mass is 9.98. The van der Waals surface area contributed by atoms with E-state index in [2.05, 4.69) is 23.8 Å². The molecule has 1 N–H and O–H groups in total. The second kappa shape index (κ2) is 9.30. The van der Waals surface area contributed by atoms with Crippen LogP contribution in [0, 0.1) is 0 Å². The van der Waals surface area contributed by atoms with E-state index in [4.69, 9.17) is 0 Å². The molecule has 0 saturated carbocycles. The van der Waals surface area contributed by atoms with Crippen molar-refractivity contribution in [3.05, 3.63) is 46.9 Å². The third-order valence-corrected chi connectivity index (χ3v) is 4.83. The number of rotatable bonds is 4. The Hall–Kier alpha value is -1.23.